The maximum absolute atomic E-state index is 10.2. The second kappa shape index (κ2) is 20.2. The van der Waals surface area contributed by atoms with Crippen LogP contribution in [-0.2, 0) is 22.4 Å². The quantitative estimate of drug-likeness (QED) is 0.215. The van der Waals surface area contributed by atoms with Crippen LogP contribution in [0.1, 0.15) is 43.7 Å². The number of ether oxygens (including phenoxy) is 1. The summed E-state index contributed by atoms with van der Waals surface area (Å²) in [5.41, 5.74) is 2.53. The minimum absolute atomic E-state index is 0. The third-order valence-corrected chi connectivity index (χ3v) is 5.86. The van der Waals surface area contributed by atoms with Crippen molar-refractivity contribution in [1.29, 1.82) is 0 Å². The molecule has 1 aliphatic heterocycles. The van der Waals surface area contributed by atoms with Crippen LogP contribution in [0.25, 0.3) is 21.5 Å². The summed E-state index contributed by atoms with van der Waals surface area (Å²) in [7, 11) is 0. The van der Waals surface area contributed by atoms with Crippen LogP contribution in [0.2, 0.25) is 0 Å². The van der Waals surface area contributed by atoms with Gasteiger partial charge in [0.25, 0.3) is 0 Å². The molecule has 0 spiro atoms. The summed E-state index contributed by atoms with van der Waals surface area (Å²) in [6.45, 7) is 3.83. The Kier molecular flexibility index (Phi) is 19.3. The molecule has 4 aromatic carbocycles. The molecule has 0 aromatic heterocycles. The predicted octanol–water partition coefficient (Wildman–Crippen LogP) is 3.99. The first-order valence-electron chi connectivity index (χ1n) is 12.3. The number of fused-ring (bicyclic) bond motifs is 2. The molecule has 1 unspecified atom stereocenters. The van der Waals surface area contributed by atoms with Gasteiger partial charge in [-0.05, 0) is 71.7 Å². The molecule has 3 nitrogen and oxygen atoms in total. The van der Waals surface area contributed by atoms with Gasteiger partial charge in [-0.15, -0.1) is 0 Å². The molecule has 0 bridgehead atoms. The Morgan fingerprint density at radius 3 is 1.65 bits per heavy atom. The number of hydrogen-bond acceptors (Lipinski definition) is 3. The molecule has 1 aliphatic rings. The Morgan fingerprint density at radius 2 is 1.24 bits per heavy atom. The van der Waals surface area contributed by atoms with Crippen LogP contribution >= 0.6 is 0 Å². The molecule has 1 heterocycles. The van der Waals surface area contributed by atoms with Gasteiger partial charge in [0.2, 0.25) is 0 Å². The summed E-state index contributed by atoms with van der Waals surface area (Å²) >= 11 is 0. The standard InChI is InChI=1S/C14H16O.C13H12O.C4H8O.CH3.BrH.Mg/c1-11(15)6-7-12-8-9-13-4-2-3-5-14(13)10-12;14-9-3-4-11-7-8-12-5-1-2-6-13(12)10-11;1-2-4-5-3-1;;;/h2-5,8-11,15H,6-7H2,1H3;1-2,5-10H,3-4H2;1-4H2;1H3;1H;/q;;;-1;;+2/p-1. The van der Waals surface area contributed by atoms with Crippen LogP contribution in [0.3, 0.4) is 0 Å². The number of aryl methyl sites for hydroxylation is 2. The minimum atomic E-state index is -0.212. The van der Waals surface area contributed by atoms with Crippen molar-refractivity contribution in [3.05, 3.63) is 103 Å². The smallest absolute Gasteiger partial charge is 1.00 e. The van der Waals surface area contributed by atoms with Crippen molar-refractivity contribution in [3.8, 4) is 0 Å². The first-order valence-corrected chi connectivity index (χ1v) is 12.3. The van der Waals surface area contributed by atoms with Gasteiger partial charge in [-0.25, -0.2) is 0 Å². The molecule has 4 aromatic rings. The van der Waals surface area contributed by atoms with Crippen LogP contribution in [0.15, 0.2) is 84.9 Å². The van der Waals surface area contributed by atoms with E-state index in [1.54, 1.807) is 0 Å². The molecular formula is C32H39BrMgO3. The van der Waals surface area contributed by atoms with Crippen molar-refractivity contribution in [1.82, 2.24) is 0 Å². The zero-order valence-electron chi connectivity index (χ0n) is 22.2. The summed E-state index contributed by atoms with van der Waals surface area (Å²) in [5, 5.41) is 14.3. The molecule has 5 heteroatoms. The Bertz CT molecular complexity index is 1150. The number of aliphatic hydroxyl groups excluding tert-OH is 1. The first-order chi connectivity index (χ1) is 16.7. The number of rotatable bonds is 6. The van der Waals surface area contributed by atoms with Crippen LogP contribution in [0, 0.1) is 7.43 Å². The molecule has 194 valence electrons. The molecule has 0 aliphatic carbocycles. The summed E-state index contributed by atoms with van der Waals surface area (Å²) in [5.74, 6) is 0. The zero-order valence-corrected chi connectivity index (χ0v) is 25.2. The van der Waals surface area contributed by atoms with E-state index in [1.807, 2.05) is 19.1 Å². The van der Waals surface area contributed by atoms with Gasteiger partial charge in [-0.1, -0.05) is 84.9 Å². The Morgan fingerprint density at radius 1 is 0.784 bits per heavy atom. The Labute approximate surface area is 249 Å². The van der Waals surface area contributed by atoms with Gasteiger partial charge >= 0.3 is 23.1 Å². The van der Waals surface area contributed by atoms with Gasteiger partial charge in [0.1, 0.15) is 6.29 Å². The number of carbonyl (C=O) groups excluding carboxylic acids is 1. The molecule has 0 amide bonds. The van der Waals surface area contributed by atoms with Crippen molar-refractivity contribution in [2.75, 3.05) is 13.2 Å². The van der Waals surface area contributed by atoms with Gasteiger partial charge in [0, 0.05) is 19.6 Å². The van der Waals surface area contributed by atoms with E-state index in [9.17, 15) is 9.90 Å². The van der Waals surface area contributed by atoms with E-state index in [-0.39, 0.29) is 53.6 Å². The van der Waals surface area contributed by atoms with Gasteiger partial charge in [-0.2, -0.15) is 0 Å². The summed E-state index contributed by atoms with van der Waals surface area (Å²) in [4.78, 5) is 10.2. The molecule has 5 rings (SSSR count). The van der Waals surface area contributed by atoms with Crippen molar-refractivity contribution in [3.63, 3.8) is 0 Å². The topological polar surface area (TPSA) is 46.5 Å². The average Bonchev–Trinajstić information content (AvgIpc) is 3.47. The molecule has 0 saturated carbocycles. The van der Waals surface area contributed by atoms with Crippen LogP contribution in [-0.4, -0.2) is 53.8 Å². The van der Waals surface area contributed by atoms with Crippen LogP contribution < -0.4 is 17.0 Å². The predicted molar refractivity (Wildman–Crippen MR) is 155 cm³/mol. The minimum Gasteiger partial charge on any atom is -1.00 e. The maximum atomic E-state index is 10.2. The number of aldehydes is 1. The molecule has 1 atom stereocenters. The summed E-state index contributed by atoms with van der Waals surface area (Å²) in [6.07, 6.45) is 6.54. The largest absolute Gasteiger partial charge is 2.00 e. The number of halogens is 1. The molecule has 1 N–H and O–H groups in total. The van der Waals surface area contributed by atoms with Gasteiger partial charge in [0.15, 0.2) is 0 Å². The summed E-state index contributed by atoms with van der Waals surface area (Å²) < 4.78 is 4.94. The fraction of sp³-hybridized carbons (Fsp3) is 0.312. The van der Waals surface area contributed by atoms with Crippen LogP contribution in [0.4, 0.5) is 0 Å². The number of carbonyl (C=O) groups is 1. The van der Waals surface area contributed by atoms with E-state index >= 15 is 0 Å². The Hall–Kier alpha value is -1.76. The second-order valence-corrected chi connectivity index (χ2v) is 8.78. The molecule has 1 saturated heterocycles. The maximum Gasteiger partial charge on any atom is 2.00 e. The van der Waals surface area contributed by atoms with E-state index in [1.165, 1.54) is 45.5 Å². The first kappa shape index (κ1) is 35.2. The SMILES string of the molecule is C1CCOC1.CC(O)CCc1ccc2ccccc2c1.O=CCCc1ccc2ccccc2c1.[Br-].[CH3-].[Mg+2]. The number of aliphatic hydroxyl groups is 1. The summed E-state index contributed by atoms with van der Waals surface area (Å²) in [6, 6.07) is 29.5. The third-order valence-electron chi connectivity index (χ3n) is 5.86. The van der Waals surface area contributed by atoms with E-state index in [4.69, 9.17) is 4.74 Å². The number of benzene rings is 4. The van der Waals surface area contributed by atoms with Crippen molar-refractivity contribution in [2.45, 2.75) is 51.6 Å². The second-order valence-electron chi connectivity index (χ2n) is 8.78. The van der Waals surface area contributed by atoms with E-state index < -0.39 is 0 Å². The van der Waals surface area contributed by atoms with Crippen LogP contribution in [0.5, 0.6) is 0 Å². The van der Waals surface area contributed by atoms with Crippen molar-refractivity contribution >= 4 is 50.9 Å². The van der Waals surface area contributed by atoms with Gasteiger partial charge in [0.05, 0.1) is 6.10 Å². The van der Waals surface area contributed by atoms with Crippen molar-refractivity contribution in [2.24, 2.45) is 0 Å². The fourth-order valence-electron chi connectivity index (χ4n) is 3.90. The monoisotopic (exact) mass is 574 g/mol. The van der Waals surface area contributed by atoms with E-state index in [0.29, 0.717) is 6.42 Å². The zero-order chi connectivity index (χ0) is 24.0. The van der Waals surface area contributed by atoms with Crippen molar-refractivity contribution < 1.29 is 31.6 Å². The molecule has 0 radical (unpaired) electrons. The molecule has 37 heavy (non-hydrogen) atoms. The van der Waals surface area contributed by atoms with Gasteiger partial charge in [-0.3, -0.25) is 0 Å². The van der Waals surface area contributed by atoms with E-state index in [0.717, 1.165) is 38.8 Å². The normalized spacial score (nSPS) is 12.4. The average molecular weight is 576 g/mol. The molecule has 1 fully saturated rings. The fourth-order valence-corrected chi connectivity index (χ4v) is 3.90. The van der Waals surface area contributed by atoms with E-state index in [2.05, 4.69) is 72.8 Å². The van der Waals surface area contributed by atoms with Gasteiger partial charge < -0.3 is 39.0 Å². The Balaban J connectivity index is 0.000000553. The molecular weight excluding hydrogens is 537 g/mol. The number of hydrogen-bond donors (Lipinski definition) is 1. The third kappa shape index (κ3) is 13.0.